The molecule has 1 atom stereocenters. The molecule has 1 aliphatic rings. The maximum Gasteiger partial charge on any atom is 0.354 e. The van der Waals surface area contributed by atoms with E-state index in [9.17, 15) is 15.2 Å². The number of aromatic nitrogens is 2. The van der Waals surface area contributed by atoms with Crippen molar-refractivity contribution in [2.75, 3.05) is 25.4 Å². The second-order valence-corrected chi connectivity index (χ2v) is 6.22. The number of hydrogen-bond acceptors (Lipinski definition) is 5. The smallest absolute Gasteiger partial charge is 0.354 e. The van der Waals surface area contributed by atoms with Crippen LogP contribution >= 0.6 is 11.8 Å². The van der Waals surface area contributed by atoms with Gasteiger partial charge in [0.25, 0.3) is 0 Å². The van der Waals surface area contributed by atoms with Gasteiger partial charge in [-0.25, -0.2) is 4.98 Å². The number of nitro groups is 1. The quantitative estimate of drug-likeness (QED) is 0.395. The topological polar surface area (TPSA) is 96.5 Å². The highest BCUT2D eigenvalue weighted by Crippen LogP contribution is 2.26. The molecule has 3 N–H and O–H groups in total. The van der Waals surface area contributed by atoms with Gasteiger partial charge in [0.05, 0.1) is 13.1 Å². The van der Waals surface area contributed by atoms with Gasteiger partial charge in [0.2, 0.25) is 0 Å². The van der Waals surface area contributed by atoms with Gasteiger partial charge in [0.15, 0.2) is 10.9 Å². The number of piperidine rings is 1. The second-order valence-electron chi connectivity index (χ2n) is 5.21. The van der Waals surface area contributed by atoms with Crippen molar-refractivity contribution in [3.05, 3.63) is 15.9 Å². The molecule has 0 amide bonds. The van der Waals surface area contributed by atoms with Crippen LogP contribution in [0.3, 0.4) is 0 Å². The lowest BCUT2D eigenvalue weighted by Gasteiger charge is -2.25. The number of aryl methyl sites for hydroxylation is 1. The Morgan fingerprint density at radius 1 is 1.50 bits per heavy atom. The molecule has 1 saturated heterocycles. The molecular weight excluding hydrogens is 280 g/mol. The van der Waals surface area contributed by atoms with Gasteiger partial charge in [0, 0.05) is 12.7 Å². The van der Waals surface area contributed by atoms with Crippen LogP contribution in [-0.2, 0) is 0 Å². The Labute approximate surface area is 121 Å². The molecule has 7 nitrogen and oxygen atoms in total. The van der Waals surface area contributed by atoms with Crippen LogP contribution in [0.5, 0.6) is 0 Å². The highest BCUT2D eigenvalue weighted by Gasteiger charge is 2.22. The molecule has 20 heavy (non-hydrogen) atoms. The fourth-order valence-corrected chi connectivity index (χ4v) is 3.44. The molecule has 1 fully saturated rings. The third-order valence-corrected chi connectivity index (χ3v) is 4.56. The number of nitrogens with zero attached hydrogens (tertiary/aromatic N) is 2. The molecule has 0 bridgehead atoms. The van der Waals surface area contributed by atoms with Crippen LogP contribution in [0.4, 0.5) is 5.82 Å². The van der Waals surface area contributed by atoms with Crippen molar-refractivity contribution in [1.29, 1.82) is 0 Å². The van der Waals surface area contributed by atoms with Crippen LogP contribution in [0.25, 0.3) is 0 Å². The van der Waals surface area contributed by atoms with E-state index in [2.05, 4.69) is 9.97 Å². The molecule has 2 rings (SSSR count). The van der Waals surface area contributed by atoms with Crippen molar-refractivity contribution in [2.45, 2.75) is 37.3 Å². The Balaban J connectivity index is 1.83. The van der Waals surface area contributed by atoms with Crippen LogP contribution in [-0.4, -0.2) is 51.5 Å². The molecule has 1 aliphatic heterocycles. The summed E-state index contributed by atoms with van der Waals surface area (Å²) >= 11 is 1.25. The minimum absolute atomic E-state index is 0.0787. The van der Waals surface area contributed by atoms with Crippen molar-refractivity contribution in [3.63, 3.8) is 0 Å². The number of nitrogens with one attached hydrogen (secondary N) is 2. The van der Waals surface area contributed by atoms with Gasteiger partial charge in [-0.2, -0.15) is 4.98 Å². The molecule has 0 unspecified atom stereocenters. The predicted octanol–water partition coefficient (Wildman–Crippen LogP) is 0.148. The number of H-pyrrole nitrogens is 1. The summed E-state index contributed by atoms with van der Waals surface area (Å²) in [6, 6.07) is 0. The molecule has 2 heterocycles. The lowest BCUT2D eigenvalue weighted by atomic mass is 10.1. The first-order chi connectivity index (χ1) is 9.56. The van der Waals surface area contributed by atoms with E-state index in [1.165, 1.54) is 35.9 Å². The zero-order valence-corrected chi connectivity index (χ0v) is 12.4. The standard InChI is InChI=1S/C12H20N4O3S/c1-9-13-11(16(18)19)12(14-9)20-8-10(17)7-15-5-3-2-4-6-15/h10,17H,2-8H2,1H3,(H,13,14)/p+1/t10-/m1/s1. The summed E-state index contributed by atoms with van der Waals surface area (Å²) in [5.74, 6) is 0.884. The van der Waals surface area contributed by atoms with Gasteiger partial charge in [-0.3, -0.25) is 0 Å². The van der Waals surface area contributed by atoms with E-state index in [1.54, 1.807) is 6.92 Å². The summed E-state index contributed by atoms with van der Waals surface area (Å²) < 4.78 is 0. The molecule has 1 aromatic heterocycles. The molecule has 0 saturated carbocycles. The Bertz CT molecular complexity index is 460. The third kappa shape index (κ3) is 4.19. The SMILES string of the molecule is Cc1nc(SC[C@H](O)C[NH+]2CCCCC2)c([N+](=O)[O-])[nH]1. The van der Waals surface area contributed by atoms with Crippen LogP contribution in [0.1, 0.15) is 25.1 Å². The van der Waals surface area contributed by atoms with Crippen LogP contribution < -0.4 is 4.90 Å². The third-order valence-electron chi connectivity index (χ3n) is 3.45. The summed E-state index contributed by atoms with van der Waals surface area (Å²) in [5, 5.41) is 21.3. The summed E-state index contributed by atoms with van der Waals surface area (Å²) in [5.41, 5.74) is 0. The normalized spacial score (nSPS) is 18.1. The largest absolute Gasteiger partial charge is 0.386 e. The van der Waals surface area contributed by atoms with Gasteiger partial charge in [-0.15, -0.1) is 0 Å². The highest BCUT2D eigenvalue weighted by molar-refractivity contribution is 7.99. The van der Waals surface area contributed by atoms with E-state index in [0.717, 1.165) is 13.1 Å². The number of thioether (sulfide) groups is 1. The fraction of sp³-hybridized carbons (Fsp3) is 0.750. The van der Waals surface area contributed by atoms with Crippen molar-refractivity contribution in [2.24, 2.45) is 0 Å². The van der Waals surface area contributed by atoms with Gasteiger partial charge in [0.1, 0.15) is 12.6 Å². The zero-order valence-electron chi connectivity index (χ0n) is 11.6. The van der Waals surface area contributed by atoms with E-state index in [4.69, 9.17) is 0 Å². The monoisotopic (exact) mass is 301 g/mol. The average Bonchev–Trinajstić information content (AvgIpc) is 2.79. The van der Waals surface area contributed by atoms with Crippen molar-refractivity contribution >= 4 is 17.6 Å². The molecule has 0 spiro atoms. The van der Waals surface area contributed by atoms with Gasteiger partial charge < -0.3 is 20.1 Å². The van der Waals surface area contributed by atoms with Crippen molar-refractivity contribution in [3.8, 4) is 0 Å². The van der Waals surface area contributed by atoms with E-state index in [-0.39, 0.29) is 5.82 Å². The van der Waals surface area contributed by atoms with Crippen LogP contribution in [0.15, 0.2) is 5.03 Å². The van der Waals surface area contributed by atoms with E-state index in [1.807, 2.05) is 0 Å². The summed E-state index contributed by atoms with van der Waals surface area (Å²) in [4.78, 5) is 18.5. The summed E-state index contributed by atoms with van der Waals surface area (Å²) in [6.45, 7) is 4.63. The van der Waals surface area contributed by atoms with Gasteiger partial charge >= 0.3 is 5.82 Å². The molecule has 0 aliphatic carbocycles. The Kier molecular flexibility index (Phi) is 5.38. The number of imidazole rings is 1. The molecule has 8 heteroatoms. The van der Waals surface area contributed by atoms with E-state index < -0.39 is 11.0 Å². The number of likely N-dealkylation sites (tertiary alicyclic amines) is 1. The minimum Gasteiger partial charge on any atom is -0.386 e. The van der Waals surface area contributed by atoms with E-state index in [0.29, 0.717) is 23.1 Å². The lowest BCUT2D eigenvalue weighted by Crippen LogP contribution is -3.13. The number of aliphatic hydroxyl groups excluding tert-OH is 1. The number of aliphatic hydroxyl groups is 1. The molecule has 0 radical (unpaired) electrons. The first-order valence-corrected chi connectivity index (χ1v) is 7.90. The average molecular weight is 301 g/mol. The summed E-state index contributed by atoms with van der Waals surface area (Å²) in [7, 11) is 0. The fourth-order valence-electron chi connectivity index (χ4n) is 2.51. The van der Waals surface area contributed by atoms with Crippen molar-refractivity contribution in [1.82, 2.24) is 9.97 Å². The molecule has 112 valence electrons. The number of aromatic amines is 1. The Hall–Kier alpha value is -1.12. The van der Waals surface area contributed by atoms with Gasteiger partial charge in [-0.1, -0.05) is 11.8 Å². The second kappa shape index (κ2) is 7.05. The zero-order chi connectivity index (χ0) is 14.5. The first-order valence-electron chi connectivity index (χ1n) is 6.91. The summed E-state index contributed by atoms with van der Waals surface area (Å²) in [6.07, 6.45) is 3.27. The molecule has 0 aromatic carbocycles. The molecule has 1 aromatic rings. The van der Waals surface area contributed by atoms with E-state index >= 15 is 0 Å². The lowest BCUT2D eigenvalue weighted by molar-refractivity contribution is -0.907. The first kappa shape index (κ1) is 15.3. The Morgan fingerprint density at radius 2 is 2.20 bits per heavy atom. The Morgan fingerprint density at radius 3 is 2.85 bits per heavy atom. The highest BCUT2D eigenvalue weighted by atomic mass is 32.2. The maximum atomic E-state index is 10.9. The van der Waals surface area contributed by atoms with Crippen LogP contribution in [0.2, 0.25) is 0 Å². The maximum absolute atomic E-state index is 10.9. The van der Waals surface area contributed by atoms with Crippen molar-refractivity contribution < 1.29 is 14.9 Å². The van der Waals surface area contributed by atoms with Gasteiger partial charge in [-0.05, 0) is 24.2 Å². The predicted molar refractivity (Wildman–Crippen MR) is 76.1 cm³/mol. The number of hydrogen-bond donors (Lipinski definition) is 3. The molecular formula is C12H21N4O3S+. The number of rotatable bonds is 6. The van der Waals surface area contributed by atoms with Crippen LogP contribution in [0, 0.1) is 17.0 Å². The minimum atomic E-state index is -0.468. The number of quaternary nitrogens is 1.